The van der Waals surface area contributed by atoms with Crippen LogP contribution in [0.25, 0.3) is 0 Å². The van der Waals surface area contributed by atoms with Gasteiger partial charge in [0.1, 0.15) is 0 Å². The average Bonchev–Trinajstić information content (AvgIpc) is 1.99. The molecule has 0 spiro atoms. The Kier molecular flexibility index (Phi) is 3.39. The van der Waals surface area contributed by atoms with Crippen LogP contribution < -0.4 is 10.5 Å². The number of nitrogens with zero attached hydrogens (tertiary/aromatic N) is 1. The Morgan fingerprint density at radius 3 is 2.60 bits per heavy atom. The highest BCUT2D eigenvalue weighted by Gasteiger charge is 2.26. The lowest BCUT2D eigenvalue weighted by Crippen LogP contribution is -2.13. The maximum Gasteiger partial charge on any atom is 0.392 e. The molecule has 0 saturated heterocycles. The standard InChI is InChI=1S/C9H11F3N2O/c1-6-4-7(13)5-8(14-6)15-3-2-9(10,11)12/h4-5H,2-3H2,1H3,(H2,13,14). The number of aromatic nitrogens is 1. The molecule has 1 heterocycles. The van der Waals surface area contributed by atoms with Gasteiger partial charge < -0.3 is 10.5 Å². The summed E-state index contributed by atoms with van der Waals surface area (Å²) in [6.45, 7) is 1.24. The molecule has 0 aliphatic rings. The highest BCUT2D eigenvalue weighted by molar-refractivity contribution is 5.42. The van der Waals surface area contributed by atoms with E-state index in [0.717, 1.165) is 0 Å². The van der Waals surface area contributed by atoms with E-state index in [0.29, 0.717) is 11.4 Å². The number of nitrogens with two attached hydrogens (primary N) is 1. The van der Waals surface area contributed by atoms with Crippen molar-refractivity contribution in [3.63, 3.8) is 0 Å². The van der Waals surface area contributed by atoms with Crippen LogP contribution in [0.4, 0.5) is 18.9 Å². The molecular formula is C9H11F3N2O. The van der Waals surface area contributed by atoms with Gasteiger partial charge >= 0.3 is 6.18 Å². The minimum atomic E-state index is -4.21. The summed E-state index contributed by atoms with van der Waals surface area (Å²) in [4.78, 5) is 3.88. The van der Waals surface area contributed by atoms with Crippen molar-refractivity contribution in [2.24, 2.45) is 0 Å². The van der Waals surface area contributed by atoms with Gasteiger partial charge in [0.2, 0.25) is 5.88 Å². The van der Waals surface area contributed by atoms with E-state index >= 15 is 0 Å². The number of ether oxygens (including phenoxy) is 1. The van der Waals surface area contributed by atoms with Gasteiger partial charge in [0.25, 0.3) is 0 Å². The molecule has 1 rings (SSSR count). The SMILES string of the molecule is Cc1cc(N)cc(OCCC(F)(F)F)n1. The molecule has 0 saturated carbocycles. The van der Waals surface area contributed by atoms with Crippen molar-refractivity contribution in [2.75, 3.05) is 12.3 Å². The molecule has 0 bridgehead atoms. The van der Waals surface area contributed by atoms with Gasteiger partial charge in [-0.25, -0.2) is 4.98 Å². The third kappa shape index (κ3) is 4.53. The van der Waals surface area contributed by atoms with Crippen LogP contribution in [0, 0.1) is 6.92 Å². The fourth-order valence-electron chi connectivity index (χ4n) is 1.01. The lowest BCUT2D eigenvalue weighted by atomic mass is 10.3. The van der Waals surface area contributed by atoms with Crippen LogP contribution in [0.3, 0.4) is 0 Å². The van der Waals surface area contributed by atoms with Gasteiger partial charge in [-0.15, -0.1) is 0 Å². The monoisotopic (exact) mass is 220 g/mol. The fraction of sp³-hybridized carbons (Fsp3) is 0.444. The third-order valence-corrected chi connectivity index (χ3v) is 1.59. The normalized spacial score (nSPS) is 11.5. The number of alkyl halides is 3. The zero-order chi connectivity index (χ0) is 11.5. The molecule has 1 aromatic rings. The molecule has 0 aliphatic heterocycles. The number of hydrogen-bond donors (Lipinski definition) is 1. The summed E-state index contributed by atoms with van der Waals surface area (Å²) in [7, 11) is 0. The van der Waals surface area contributed by atoms with Crippen LogP contribution in [-0.4, -0.2) is 17.8 Å². The smallest absolute Gasteiger partial charge is 0.392 e. The van der Waals surface area contributed by atoms with Crippen molar-refractivity contribution in [3.8, 4) is 5.88 Å². The van der Waals surface area contributed by atoms with Gasteiger partial charge in [0.15, 0.2) is 0 Å². The van der Waals surface area contributed by atoms with Crippen molar-refractivity contribution < 1.29 is 17.9 Å². The first-order chi connectivity index (χ1) is 6.87. The summed E-state index contributed by atoms with van der Waals surface area (Å²) in [5.41, 5.74) is 6.50. The van der Waals surface area contributed by atoms with Gasteiger partial charge in [0, 0.05) is 17.4 Å². The first-order valence-electron chi connectivity index (χ1n) is 4.30. The van der Waals surface area contributed by atoms with Gasteiger partial charge in [-0.2, -0.15) is 13.2 Å². The van der Waals surface area contributed by atoms with E-state index < -0.39 is 19.2 Å². The maximum absolute atomic E-state index is 11.8. The molecule has 0 aromatic carbocycles. The Labute approximate surface area is 85.1 Å². The van der Waals surface area contributed by atoms with E-state index in [2.05, 4.69) is 4.98 Å². The van der Waals surface area contributed by atoms with Gasteiger partial charge in [-0.3, -0.25) is 0 Å². The van der Waals surface area contributed by atoms with Crippen molar-refractivity contribution >= 4 is 5.69 Å². The molecule has 0 radical (unpaired) electrons. The largest absolute Gasteiger partial charge is 0.477 e. The first-order valence-corrected chi connectivity index (χ1v) is 4.30. The second-order valence-electron chi connectivity index (χ2n) is 3.09. The second kappa shape index (κ2) is 4.37. The fourth-order valence-corrected chi connectivity index (χ4v) is 1.01. The van der Waals surface area contributed by atoms with Gasteiger partial charge in [0.05, 0.1) is 13.0 Å². The molecule has 1 aromatic heterocycles. The Morgan fingerprint density at radius 2 is 2.07 bits per heavy atom. The van der Waals surface area contributed by atoms with Crippen LogP contribution >= 0.6 is 0 Å². The zero-order valence-electron chi connectivity index (χ0n) is 8.14. The maximum atomic E-state index is 11.8. The molecule has 84 valence electrons. The molecule has 15 heavy (non-hydrogen) atoms. The van der Waals surface area contributed by atoms with Crippen LogP contribution in [0.15, 0.2) is 12.1 Å². The molecule has 0 unspecified atom stereocenters. The number of pyridine rings is 1. The second-order valence-corrected chi connectivity index (χ2v) is 3.09. The number of nitrogen functional groups attached to an aromatic ring is 1. The molecule has 0 aliphatic carbocycles. The van der Waals surface area contributed by atoms with Crippen LogP contribution in [0.5, 0.6) is 5.88 Å². The third-order valence-electron chi connectivity index (χ3n) is 1.59. The molecular weight excluding hydrogens is 209 g/mol. The van der Waals surface area contributed by atoms with Crippen molar-refractivity contribution in [2.45, 2.75) is 19.5 Å². The predicted octanol–water partition coefficient (Wildman–Crippen LogP) is 2.30. The summed E-state index contributed by atoms with van der Waals surface area (Å²) in [5, 5.41) is 0. The molecule has 0 fully saturated rings. The quantitative estimate of drug-likeness (QED) is 0.850. The van der Waals surface area contributed by atoms with E-state index in [1.165, 1.54) is 6.07 Å². The number of anilines is 1. The molecule has 0 amide bonds. The lowest BCUT2D eigenvalue weighted by Gasteiger charge is -2.08. The van der Waals surface area contributed by atoms with Crippen molar-refractivity contribution in [1.82, 2.24) is 4.98 Å². The predicted molar refractivity (Wildman–Crippen MR) is 49.6 cm³/mol. The van der Waals surface area contributed by atoms with Crippen LogP contribution in [0.1, 0.15) is 12.1 Å². The Bertz CT molecular complexity index is 318. The zero-order valence-corrected chi connectivity index (χ0v) is 8.14. The van der Waals surface area contributed by atoms with Crippen molar-refractivity contribution in [3.05, 3.63) is 17.8 Å². The molecule has 2 N–H and O–H groups in total. The Morgan fingerprint density at radius 1 is 1.40 bits per heavy atom. The van der Waals surface area contributed by atoms with Gasteiger partial charge in [-0.05, 0) is 13.0 Å². The number of hydrogen-bond acceptors (Lipinski definition) is 3. The van der Waals surface area contributed by atoms with Crippen LogP contribution in [0.2, 0.25) is 0 Å². The topological polar surface area (TPSA) is 48.1 Å². The highest BCUT2D eigenvalue weighted by Crippen LogP contribution is 2.20. The highest BCUT2D eigenvalue weighted by atomic mass is 19.4. The minimum absolute atomic E-state index is 0.122. The molecule has 0 atom stereocenters. The Hall–Kier alpha value is -1.46. The summed E-state index contributed by atoms with van der Waals surface area (Å²) in [6, 6.07) is 3.00. The number of halogens is 3. The number of aryl methyl sites for hydroxylation is 1. The van der Waals surface area contributed by atoms with Crippen LogP contribution in [-0.2, 0) is 0 Å². The average molecular weight is 220 g/mol. The Balaban J connectivity index is 2.51. The molecule has 3 nitrogen and oxygen atoms in total. The van der Waals surface area contributed by atoms with Crippen molar-refractivity contribution in [1.29, 1.82) is 0 Å². The summed E-state index contributed by atoms with van der Waals surface area (Å²) in [6.07, 6.45) is -5.21. The van der Waals surface area contributed by atoms with E-state index in [-0.39, 0.29) is 5.88 Å². The number of rotatable bonds is 3. The summed E-state index contributed by atoms with van der Waals surface area (Å²) >= 11 is 0. The van der Waals surface area contributed by atoms with E-state index in [1.54, 1.807) is 13.0 Å². The lowest BCUT2D eigenvalue weighted by molar-refractivity contribution is -0.139. The first kappa shape index (κ1) is 11.6. The molecule has 6 heteroatoms. The van der Waals surface area contributed by atoms with E-state index in [9.17, 15) is 13.2 Å². The summed E-state index contributed by atoms with van der Waals surface area (Å²) in [5.74, 6) is 0.122. The van der Waals surface area contributed by atoms with Gasteiger partial charge in [-0.1, -0.05) is 0 Å². The summed E-state index contributed by atoms with van der Waals surface area (Å²) < 4.78 is 40.2. The van der Waals surface area contributed by atoms with E-state index in [1.807, 2.05) is 0 Å². The van der Waals surface area contributed by atoms with E-state index in [4.69, 9.17) is 10.5 Å². The minimum Gasteiger partial charge on any atom is -0.477 e.